The van der Waals surface area contributed by atoms with Crippen LogP contribution in [0.3, 0.4) is 0 Å². The number of aliphatic hydroxyl groups is 5. The number of rotatable bonds is 7. The maximum atomic E-state index is 12.2. The highest BCUT2D eigenvalue weighted by Crippen LogP contribution is 2.36. The first kappa shape index (κ1) is 19.6. The summed E-state index contributed by atoms with van der Waals surface area (Å²) >= 11 is 0. The van der Waals surface area contributed by atoms with Crippen molar-refractivity contribution >= 4 is 11.8 Å². The van der Waals surface area contributed by atoms with E-state index in [4.69, 9.17) is 10.2 Å². The van der Waals surface area contributed by atoms with Crippen LogP contribution in [0.5, 0.6) is 17.2 Å². The average Bonchev–Trinajstić information content (AvgIpc) is 2.55. The maximum Gasteiger partial charge on any atom is 0.346 e. The number of aliphatic carboxylic acids is 1. The second kappa shape index (κ2) is 6.98. The fourth-order valence-electron chi connectivity index (χ4n) is 1.88. The van der Waals surface area contributed by atoms with E-state index >= 15 is 0 Å². The Balaban J connectivity index is 3.38. The number of hydrogen-bond acceptors (Lipinski definition) is 10. The van der Waals surface area contributed by atoms with Gasteiger partial charge in [0.1, 0.15) is 18.3 Å². The summed E-state index contributed by atoms with van der Waals surface area (Å²) in [7, 11) is 0. The van der Waals surface area contributed by atoms with E-state index in [0.29, 0.717) is 12.1 Å². The van der Waals surface area contributed by atoms with Crippen molar-refractivity contribution in [3.63, 3.8) is 0 Å². The van der Waals surface area contributed by atoms with Crippen molar-refractivity contribution in [3.05, 3.63) is 17.7 Å². The van der Waals surface area contributed by atoms with Crippen molar-refractivity contribution in [2.45, 2.75) is 23.9 Å². The van der Waals surface area contributed by atoms with Crippen LogP contribution in [0.2, 0.25) is 0 Å². The summed E-state index contributed by atoms with van der Waals surface area (Å²) < 4.78 is 0. The molecule has 1 aromatic carbocycles. The lowest BCUT2D eigenvalue weighted by atomic mass is 9.83. The van der Waals surface area contributed by atoms with Crippen LogP contribution in [0.1, 0.15) is 10.4 Å². The van der Waals surface area contributed by atoms with E-state index in [2.05, 4.69) is 0 Å². The third-order valence-corrected chi connectivity index (χ3v) is 3.34. The molecule has 0 amide bonds. The number of carbonyl (C=O) groups is 2. The topological polar surface area (TPSA) is 216 Å². The summed E-state index contributed by atoms with van der Waals surface area (Å²) in [5, 5.41) is 84.2. The van der Waals surface area contributed by atoms with E-state index in [1.54, 1.807) is 0 Å². The van der Waals surface area contributed by atoms with Gasteiger partial charge in [-0.3, -0.25) is 4.79 Å². The molecule has 0 aliphatic rings. The third-order valence-electron chi connectivity index (χ3n) is 3.34. The predicted octanol–water partition coefficient (Wildman–Crippen LogP) is -3.12. The predicted molar refractivity (Wildman–Crippen MR) is 73.5 cm³/mol. The third kappa shape index (κ3) is 3.25. The van der Waals surface area contributed by atoms with Crippen LogP contribution in [-0.2, 0) is 4.79 Å². The van der Waals surface area contributed by atoms with Crippen molar-refractivity contribution in [3.8, 4) is 17.2 Å². The Morgan fingerprint density at radius 2 is 1.50 bits per heavy atom. The Labute approximate surface area is 133 Å². The molecule has 1 rings (SSSR count). The molecule has 0 radical (unpaired) electrons. The van der Waals surface area contributed by atoms with E-state index in [9.17, 15) is 45.3 Å². The van der Waals surface area contributed by atoms with Gasteiger partial charge in [-0.2, -0.15) is 0 Å². The molecule has 0 saturated carbocycles. The van der Waals surface area contributed by atoms with Gasteiger partial charge < -0.3 is 46.0 Å². The standard InChI is InChI=1S/C13H16O11/c14-3-7(17)9(19)11(21)13(24,12(22)23)10(20)4-1-5(15)8(18)6(16)2-4/h1-2,7,9,11,14-19,21,24H,3H2,(H,22,23)/t7-,9-,11+,13-/m1/s1. The Kier molecular flexibility index (Phi) is 5.71. The lowest BCUT2D eigenvalue weighted by Crippen LogP contribution is -2.62. The summed E-state index contributed by atoms with van der Waals surface area (Å²) in [6.07, 6.45) is -7.26. The lowest BCUT2D eigenvalue weighted by molar-refractivity contribution is -0.179. The molecule has 0 aliphatic carbocycles. The SMILES string of the molecule is O=C(O)[C@@](O)(C(=O)c1cc(O)c(O)c(O)c1)[C@@H](O)[C@H](O)[C@H](O)CO. The summed E-state index contributed by atoms with van der Waals surface area (Å²) in [5.74, 6) is -7.12. The van der Waals surface area contributed by atoms with Crippen LogP contribution in [0.15, 0.2) is 12.1 Å². The van der Waals surface area contributed by atoms with Gasteiger partial charge in [0, 0.05) is 5.56 Å². The first-order chi connectivity index (χ1) is 11.0. The van der Waals surface area contributed by atoms with Gasteiger partial charge >= 0.3 is 5.97 Å². The molecule has 0 aliphatic heterocycles. The Hall–Kier alpha value is -2.44. The van der Waals surface area contributed by atoms with Gasteiger partial charge in [-0.05, 0) is 12.1 Å². The number of ketones is 1. The van der Waals surface area contributed by atoms with Crippen LogP contribution in [-0.4, -0.2) is 88.2 Å². The number of phenols is 3. The summed E-state index contributed by atoms with van der Waals surface area (Å²) in [6, 6.07) is 1.01. The number of carboxylic acid groups (broad SMARTS) is 1. The van der Waals surface area contributed by atoms with E-state index < -0.39 is 65.1 Å². The van der Waals surface area contributed by atoms with E-state index in [-0.39, 0.29) is 0 Å². The molecule has 0 bridgehead atoms. The van der Waals surface area contributed by atoms with Crippen LogP contribution >= 0.6 is 0 Å². The highest BCUT2D eigenvalue weighted by molar-refractivity contribution is 6.15. The van der Waals surface area contributed by atoms with Crippen molar-refractivity contribution in [2.75, 3.05) is 6.61 Å². The molecule has 0 unspecified atom stereocenters. The number of carboxylic acids is 1. The molecule has 11 nitrogen and oxygen atoms in total. The molecule has 4 atom stereocenters. The highest BCUT2D eigenvalue weighted by atomic mass is 16.4. The van der Waals surface area contributed by atoms with Gasteiger partial charge in [-0.15, -0.1) is 0 Å². The molecule has 0 aromatic heterocycles. The molecular formula is C13H16O11. The Bertz CT molecular complexity index is 620. The fraction of sp³-hybridized carbons (Fsp3) is 0.385. The molecule has 0 spiro atoms. The van der Waals surface area contributed by atoms with Gasteiger partial charge in [0.05, 0.1) is 6.61 Å². The normalized spacial score (nSPS) is 17.5. The van der Waals surface area contributed by atoms with Crippen LogP contribution in [0.25, 0.3) is 0 Å². The number of benzene rings is 1. The van der Waals surface area contributed by atoms with Crippen LogP contribution in [0, 0.1) is 0 Å². The zero-order valence-electron chi connectivity index (χ0n) is 11.9. The highest BCUT2D eigenvalue weighted by Gasteiger charge is 2.55. The molecule has 0 heterocycles. The minimum Gasteiger partial charge on any atom is -0.504 e. The lowest BCUT2D eigenvalue weighted by Gasteiger charge is -2.32. The molecular weight excluding hydrogens is 332 g/mol. The van der Waals surface area contributed by atoms with Crippen molar-refractivity contribution < 1.29 is 55.5 Å². The summed E-state index contributed by atoms with van der Waals surface area (Å²) in [5.41, 5.74) is -4.51. The molecule has 134 valence electrons. The minimum atomic E-state index is -3.69. The number of carbonyl (C=O) groups excluding carboxylic acids is 1. The van der Waals surface area contributed by atoms with Gasteiger partial charge in [-0.1, -0.05) is 0 Å². The van der Waals surface area contributed by atoms with Gasteiger partial charge in [0.25, 0.3) is 5.60 Å². The quantitative estimate of drug-likeness (QED) is 0.136. The van der Waals surface area contributed by atoms with Crippen molar-refractivity contribution in [1.82, 2.24) is 0 Å². The van der Waals surface area contributed by atoms with E-state index in [0.717, 1.165) is 0 Å². The second-order valence-electron chi connectivity index (χ2n) is 4.95. The van der Waals surface area contributed by atoms with Crippen LogP contribution in [0.4, 0.5) is 0 Å². The smallest absolute Gasteiger partial charge is 0.346 e. The zero-order valence-corrected chi connectivity index (χ0v) is 11.9. The van der Waals surface area contributed by atoms with Crippen LogP contribution < -0.4 is 0 Å². The van der Waals surface area contributed by atoms with E-state index in [1.807, 2.05) is 0 Å². The van der Waals surface area contributed by atoms with Gasteiger partial charge in [0.15, 0.2) is 17.2 Å². The van der Waals surface area contributed by atoms with Crippen molar-refractivity contribution in [1.29, 1.82) is 0 Å². The minimum absolute atomic E-state index is 0.507. The number of aliphatic hydroxyl groups excluding tert-OH is 4. The fourth-order valence-corrected chi connectivity index (χ4v) is 1.88. The second-order valence-corrected chi connectivity index (χ2v) is 4.95. The average molecular weight is 348 g/mol. The number of Topliss-reactive ketones (excluding diaryl/α,β-unsaturated/α-hetero) is 1. The molecule has 24 heavy (non-hydrogen) atoms. The monoisotopic (exact) mass is 348 g/mol. The number of aromatic hydroxyl groups is 3. The molecule has 1 aromatic rings. The zero-order chi connectivity index (χ0) is 18.8. The number of phenolic OH excluding ortho intramolecular Hbond substituents is 3. The van der Waals surface area contributed by atoms with E-state index in [1.165, 1.54) is 0 Å². The molecule has 11 heteroatoms. The molecule has 0 fully saturated rings. The first-order valence-electron chi connectivity index (χ1n) is 6.39. The van der Waals surface area contributed by atoms with Gasteiger partial charge in [0.2, 0.25) is 5.78 Å². The maximum absolute atomic E-state index is 12.2. The largest absolute Gasteiger partial charge is 0.504 e. The summed E-state index contributed by atoms with van der Waals surface area (Å²) in [6.45, 7) is -1.11. The molecule has 0 saturated heterocycles. The number of hydrogen-bond donors (Lipinski definition) is 9. The first-order valence-corrected chi connectivity index (χ1v) is 6.39. The van der Waals surface area contributed by atoms with Crippen molar-refractivity contribution in [2.24, 2.45) is 0 Å². The summed E-state index contributed by atoms with van der Waals surface area (Å²) in [4.78, 5) is 23.5. The molecule has 9 N–H and O–H groups in total. The van der Waals surface area contributed by atoms with Gasteiger partial charge in [-0.25, -0.2) is 4.79 Å². The Morgan fingerprint density at radius 1 is 1.04 bits per heavy atom. The Morgan fingerprint density at radius 3 is 1.88 bits per heavy atom.